The van der Waals surface area contributed by atoms with Crippen LogP contribution in [0.25, 0.3) is 0 Å². The SMILES string of the molecule is CNC(=O)NC(=O)C(C)S(=O)C(C(=O)O)C(C)C. The molecule has 0 spiro atoms. The molecule has 0 bridgehead atoms. The molecular weight excluding hydrogens is 260 g/mol. The van der Waals surface area contributed by atoms with E-state index >= 15 is 0 Å². The number of rotatable bonds is 5. The highest BCUT2D eigenvalue weighted by Crippen LogP contribution is 2.14. The number of carboxylic acid groups (broad SMARTS) is 1. The van der Waals surface area contributed by atoms with Crippen molar-refractivity contribution in [1.82, 2.24) is 10.6 Å². The topological polar surface area (TPSA) is 113 Å². The molecule has 0 aromatic rings. The standard InChI is InChI=1S/C10H18N2O5S/c1-5(2)7(9(14)15)18(17)6(3)8(13)12-10(16)11-4/h5-7H,1-4H3,(H,14,15)(H2,11,12,13,16). The van der Waals surface area contributed by atoms with E-state index in [0.29, 0.717) is 0 Å². The van der Waals surface area contributed by atoms with E-state index in [0.717, 1.165) is 0 Å². The minimum Gasteiger partial charge on any atom is -0.480 e. The lowest BCUT2D eigenvalue weighted by atomic mass is 10.1. The first-order valence-corrected chi connectivity index (χ1v) is 6.64. The highest BCUT2D eigenvalue weighted by Gasteiger charge is 2.34. The summed E-state index contributed by atoms with van der Waals surface area (Å²) in [5, 5.41) is 10.9. The van der Waals surface area contributed by atoms with Gasteiger partial charge in [0, 0.05) is 17.8 Å². The average molecular weight is 278 g/mol. The van der Waals surface area contributed by atoms with Crippen LogP contribution < -0.4 is 10.6 Å². The van der Waals surface area contributed by atoms with Gasteiger partial charge in [0.25, 0.3) is 0 Å². The Morgan fingerprint density at radius 2 is 1.67 bits per heavy atom. The van der Waals surface area contributed by atoms with Crippen molar-refractivity contribution < 1.29 is 23.7 Å². The summed E-state index contributed by atoms with van der Waals surface area (Å²) in [6.07, 6.45) is 0. The number of carboxylic acids is 1. The molecule has 0 aliphatic heterocycles. The Labute approximate surface area is 108 Å². The second kappa shape index (κ2) is 7.10. The maximum Gasteiger partial charge on any atom is 0.321 e. The van der Waals surface area contributed by atoms with Gasteiger partial charge in [-0.1, -0.05) is 13.8 Å². The van der Waals surface area contributed by atoms with Crippen molar-refractivity contribution >= 4 is 28.7 Å². The molecule has 7 nitrogen and oxygen atoms in total. The fourth-order valence-corrected chi connectivity index (χ4v) is 2.70. The molecule has 0 heterocycles. The van der Waals surface area contributed by atoms with Gasteiger partial charge >= 0.3 is 12.0 Å². The van der Waals surface area contributed by atoms with E-state index in [1.54, 1.807) is 13.8 Å². The molecular formula is C10H18N2O5S. The molecule has 3 unspecified atom stereocenters. The Balaban J connectivity index is 4.81. The molecule has 0 aromatic heterocycles. The number of carbonyl (C=O) groups is 3. The molecule has 104 valence electrons. The highest BCUT2D eigenvalue weighted by atomic mass is 32.2. The zero-order chi connectivity index (χ0) is 14.5. The number of nitrogens with one attached hydrogen (secondary N) is 2. The number of imide groups is 1. The number of carbonyl (C=O) groups excluding carboxylic acids is 2. The van der Waals surface area contributed by atoms with Crippen molar-refractivity contribution in [2.45, 2.75) is 31.3 Å². The van der Waals surface area contributed by atoms with Crippen LogP contribution in [-0.4, -0.2) is 44.8 Å². The summed E-state index contributed by atoms with van der Waals surface area (Å²) in [6.45, 7) is 4.55. The third kappa shape index (κ3) is 4.44. The van der Waals surface area contributed by atoms with Crippen molar-refractivity contribution in [3.8, 4) is 0 Å². The predicted molar refractivity (Wildman–Crippen MR) is 66.5 cm³/mol. The summed E-state index contributed by atoms with van der Waals surface area (Å²) in [7, 11) is -0.571. The highest BCUT2D eigenvalue weighted by molar-refractivity contribution is 7.87. The number of hydrogen-bond acceptors (Lipinski definition) is 4. The monoisotopic (exact) mass is 278 g/mol. The van der Waals surface area contributed by atoms with Crippen LogP contribution >= 0.6 is 0 Å². The summed E-state index contributed by atoms with van der Waals surface area (Å²) in [6, 6.07) is -0.722. The first kappa shape index (κ1) is 16.6. The summed E-state index contributed by atoms with van der Waals surface area (Å²) < 4.78 is 12.0. The van der Waals surface area contributed by atoms with Gasteiger partial charge in [0.1, 0.15) is 10.5 Å². The van der Waals surface area contributed by atoms with Crippen molar-refractivity contribution in [1.29, 1.82) is 0 Å². The second-order valence-electron chi connectivity index (χ2n) is 4.04. The molecule has 3 N–H and O–H groups in total. The Kier molecular flexibility index (Phi) is 6.53. The van der Waals surface area contributed by atoms with Crippen LogP contribution in [-0.2, 0) is 20.4 Å². The summed E-state index contributed by atoms with van der Waals surface area (Å²) in [4.78, 5) is 33.5. The average Bonchev–Trinajstić information content (AvgIpc) is 2.26. The van der Waals surface area contributed by atoms with Gasteiger partial charge in [-0.2, -0.15) is 0 Å². The molecule has 0 aliphatic carbocycles. The first-order chi connectivity index (χ1) is 8.22. The van der Waals surface area contributed by atoms with Gasteiger partial charge in [0.15, 0.2) is 0 Å². The largest absolute Gasteiger partial charge is 0.480 e. The number of urea groups is 1. The van der Waals surface area contributed by atoms with Crippen LogP contribution in [0.15, 0.2) is 0 Å². The number of amides is 3. The molecule has 0 aromatic carbocycles. The minimum atomic E-state index is -1.90. The molecule has 0 saturated heterocycles. The van der Waals surface area contributed by atoms with Crippen LogP contribution in [0.4, 0.5) is 4.79 Å². The Hall–Kier alpha value is -1.44. The normalized spacial score (nSPS) is 15.6. The van der Waals surface area contributed by atoms with Gasteiger partial charge < -0.3 is 10.4 Å². The Morgan fingerprint density at radius 1 is 1.17 bits per heavy atom. The van der Waals surface area contributed by atoms with Gasteiger partial charge in [0.2, 0.25) is 5.91 Å². The third-order valence-electron chi connectivity index (χ3n) is 2.28. The lowest BCUT2D eigenvalue weighted by Gasteiger charge is -2.19. The van der Waals surface area contributed by atoms with Crippen molar-refractivity contribution in [2.24, 2.45) is 5.92 Å². The fourth-order valence-electron chi connectivity index (χ4n) is 1.25. The van der Waals surface area contributed by atoms with E-state index in [-0.39, 0.29) is 5.92 Å². The van der Waals surface area contributed by atoms with Crippen molar-refractivity contribution in [2.75, 3.05) is 7.05 Å². The molecule has 0 fully saturated rings. The molecule has 0 radical (unpaired) electrons. The molecule has 8 heteroatoms. The maximum atomic E-state index is 12.0. The molecule has 0 saturated carbocycles. The van der Waals surface area contributed by atoms with Gasteiger partial charge in [0.05, 0.1) is 0 Å². The smallest absolute Gasteiger partial charge is 0.321 e. The lowest BCUT2D eigenvalue weighted by molar-refractivity contribution is -0.137. The quantitative estimate of drug-likeness (QED) is 0.638. The van der Waals surface area contributed by atoms with Crippen LogP contribution in [0, 0.1) is 5.92 Å². The van der Waals surface area contributed by atoms with E-state index in [1.807, 2.05) is 5.32 Å². The van der Waals surface area contributed by atoms with Gasteiger partial charge in [-0.05, 0) is 12.8 Å². The summed E-state index contributed by atoms with van der Waals surface area (Å²) in [5.74, 6) is -2.36. The van der Waals surface area contributed by atoms with E-state index in [9.17, 15) is 18.6 Å². The maximum absolute atomic E-state index is 12.0. The van der Waals surface area contributed by atoms with Gasteiger partial charge in [-0.25, -0.2) is 4.79 Å². The van der Waals surface area contributed by atoms with Crippen molar-refractivity contribution in [3.63, 3.8) is 0 Å². The van der Waals surface area contributed by atoms with Crippen LogP contribution in [0.3, 0.4) is 0 Å². The van der Waals surface area contributed by atoms with Gasteiger partial charge in [-0.15, -0.1) is 0 Å². The molecule has 0 aliphatic rings. The van der Waals surface area contributed by atoms with Crippen LogP contribution in [0.1, 0.15) is 20.8 Å². The molecule has 0 rings (SSSR count). The van der Waals surface area contributed by atoms with Crippen LogP contribution in [0.5, 0.6) is 0 Å². The van der Waals surface area contributed by atoms with Crippen LogP contribution in [0.2, 0.25) is 0 Å². The van der Waals surface area contributed by atoms with E-state index in [4.69, 9.17) is 5.11 Å². The fraction of sp³-hybridized carbons (Fsp3) is 0.700. The minimum absolute atomic E-state index is 0.376. The first-order valence-electron chi connectivity index (χ1n) is 5.37. The van der Waals surface area contributed by atoms with E-state index in [1.165, 1.54) is 14.0 Å². The molecule has 18 heavy (non-hydrogen) atoms. The molecule has 3 atom stereocenters. The number of aliphatic carboxylic acids is 1. The zero-order valence-corrected chi connectivity index (χ0v) is 11.5. The predicted octanol–water partition coefficient (Wildman–Crippen LogP) is -0.312. The Morgan fingerprint density at radius 3 is 2.00 bits per heavy atom. The van der Waals surface area contributed by atoms with E-state index in [2.05, 4.69) is 5.32 Å². The zero-order valence-electron chi connectivity index (χ0n) is 10.7. The molecule has 3 amide bonds. The number of hydrogen-bond donors (Lipinski definition) is 3. The third-order valence-corrected chi connectivity index (χ3v) is 4.44. The Bertz CT molecular complexity index is 369. The summed E-state index contributed by atoms with van der Waals surface area (Å²) >= 11 is 0. The second-order valence-corrected chi connectivity index (χ2v) is 5.91. The summed E-state index contributed by atoms with van der Waals surface area (Å²) in [5.41, 5.74) is 0. The van der Waals surface area contributed by atoms with Gasteiger partial charge in [-0.3, -0.25) is 19.1 Å². The van der Waals surface area contributed by atoms with E-state index < -0.39 is 39.2 Å². The lowest BCUT2D eigenvalue weighted by Crippen LogP contribution is -2.47. The van der Waals surface area contributed by atoms with Crippen molar-refractivity contribution in [3.05, 3.63) is 0 Å².